The van der Waals surface area contributed by atoms with Gasteiger partial charge in [0, 0.05) is 14.2 Å². The zero-order valence-electron chi connectivity index (χ0n) is 9.36. The number of rotatable bonds is 4. The lowest BCUT2D eigenvalue weighted by atomic mass is 9.71. The fourth-order valence-electron chi connectivity index (χ4n) is 2.42. The van der Waals surface area contributed by atoms with Crippen LogP contribution in [0.4, 0.5) is 0 Å². The summed E-state index contributed by atoms with van der Waals surface area (Å²) in [6.07, 6.45) is 1.50. The molecule has 1 saturated carbocycles. The fraction of sp³-hybridized carbons (Fsp3) is 0.800. The number of methoxy groups -OCH3 is 2. The number of carboxylic acids is 2. The van der Waals surface area contributed by atoms with Gasteiger partial charge in [-0.15, -0.1) is 0 Å². The van der Waals surface area contributed by atoms with Crippen LogP contribution in [0.25, 0.3) is 0 Å². The number of carboxylic acid groups (broad SMARTS) is 2. The number of hydrogen-bond acceptors (Lipinski definition) is 4. The second-order valence-corrected chi connectivity index (χ2v) is 3.88. The van der Waals surface area contributed by atoms with Crippen molar-refractivity contribution >= 4 is 11.9 Å². The maximum absolute atomic E-state index is 11.3. The van der Waals surface area contributed by atoms with Crippen molar-refractivity contribution in [1.29, 1.82) is 0 Å². The topological polar surface area (TPSA) is 93.1 Å². The number of hydrogen-bond donors (Lipinski definition) is 2. The summed E-state index contributed by atoms with van der Waals surface area (Å²) < 4.78 is 10.0. The molecule has 1 rings (SSSR count). The van der Waals surface area contributed by atoms with Gasteiger partial charge >= 0.3 is 11.9 Å². The van der Waals surface area contributed by atoms with Crippen LogP contribution in [-0.4, -0.2) is 47.6 Å². The lowest BCUT2D eigenvalue weighted by Crippen LogP contribution is -2.67. The monoisotopic (exact) mass is 232 g/mol. The molecular formula is C10H16O6. The summed E-state index contributed by atoms with van der Waals surface area (Å²) in [6, 6.07) is 0. The lowest BCUT2D eigenvalue weighted by Gasteiger charge is -2.45. The van der Waals surface area contributed by atoms with Crippen LogP contribution in [0.1, 0.15) is 25.7 Å². The molecule has 0 amide bonds. The fourth-order valence-corrected chi connectivity index (χ4v) is 2.42. The quantitative estimate of drug-likeness (QED) is 0.733. The van der Waals surface area contributed by atoms with E-state index in [1.807, 2.05) is 0 Å². The van der Waals surface area contributed by atoms with Crippen molar-refractivity contribution in [1.82, 2.24) is 0 Å². The Morgan fingerprint density at radius 2 is 1.25 bits per heavy atom. The Morgan fingerprint density at radius 1 is 0.938 bits per heavy atom. The Kier molecular flexibility index (Phi) is 3.54. The molecule has 1 aliphatic rings. The van der Waals surface area contributed by atoms with Crippen molar-refractivity contribution in [3.05, 3.63) is 0 Å². The first-order chi connectivity index (χ1) is 7.47. The molecule has 2 atom stereocenters. The molecule has 0 saturated heterocycles. The predicted octanol–water partition coefficient (Wildman–Crippen LogP) is 0.500. The van der Waals surface area contributed by atoms with Gasteiger partial charge in [0.15, 0.2) is 0 Å². The number of aliphatic carboxylic acids is 2. The van der Waals surface area contributed by atoms with E-state index in [9.17, 15) is 19.8 Å². The van der Waals surface area contributed by atoms with Crippen LogP contribution in [0.2, 0.25) is 0 Å². The molecule has 2 N–H and O–H groups in total. The van der Waals surface area contributed by atoms with Gasteiger partial charge in [-0.25, -0.2) is 9.59 Å². The molecule has 6 nitrogen and oxygen atoms in total. The van der Waals surface area contributed by atoms with E-state index in [-0.39, 0.29) is 12.8 Å². The Labute approximate surface area is 93.2 Å². The van der Waals surface area contributed by atoms with Gasteiger partial charge in [0.2, 0.25) is 11.2 Å². The van der Waals surface area contributed by atoms with Gasteiger partial charge in [-0.2, -0.15) is 0 Å². The highest BCUT2D eigenvalue weighted by Crippen LogP contribution is 2.42. The van der Waals surface area contributed by atoms with Crippen molar-refractivity contribution < 1.29 is 29.3 Å². The van der Waals surface area contributed by atoms with E-state index in [1.165, 1.54) is 14.2 Å². The van der Waals surface area contributed by atoms with Crippen LogP contribution < -0.4 is 0 Å². The molecule has 2 unspecified atom stereocenters. The van der Waals surface area contributed by atoms with Crippen LogP contribution in [0.5, 0.6) is 0 Å². The van der Waals surface area contributed by atoms with Crippen LogP contribution in [0, 0.1) is 0 Å². The van der Waals surface area contributed by atoms with E-state index in [2.05, 4.69) is 0 Å². The first kappa shape index (κ1) is 12.9. The van der Waals surface area contributed by atoms with Gasteiger partial charge in [0.25, 0.3) is 0 Å². The van der Waals surface area contributed by atoms with Gasteiger partial charge in [0.05, 0.1) is 0 Å². The van der Waals surface area contributed by atoms with E-state index in [0.29, 0.717) is 12.8 Å². The third-order valence-electron chi connectivity index (χ3n) is 3.35. The minimum Gasteiger partial charge on any atom is -0.479 e. The molecule has 0 aromatic heterocycles. The van der Waals surface area contributed by atoms with Gasteiger partial charge in [0.1, 0.15) is 0 Å². The maximum atomic E-state index is 11.3. The molecule has 0 heterocycles. The third kappa shape index (κ3) is 1.49. The van der Waals surface area contributed by atoms with Gasteiger partial charge < -0.3 is 19.7 Å². The van der Waals surface area contributed by atoms with E-state index in [0.717, 1.165) is 0 Å². The van der Waals surface area contributed by atoms with Crippen molar-refractivity contribution in [3.8, 4) is 0 Å². The smallest absolute Gasteiger partial charge is 0.339 e. The molecule has 0 spiro atoms. The standard InChI is InChI=1S/C10H16O6/c1-15-9(7(11)12)5-3-4-6-10(9,16-2)8(13)14/h3-6H2,1-2H3,(H,11,12)(H,13,14). The molecular weight excluding hydrogens is 216 g/mol. The van der Waals surface area contributed by atoms with E-state index in [1.54, 1.807) is 0 Å². The second-order valence-electron chi connectivity index (χ2n) is 3.88. The first-order valence-corrected chi connectivity index (χ1v) is 5.04. The summed E-state index contributed by atoms with van der Waals surface area (Å²) in [7, 11) is 2.41. The Balaban J connectivity index is 3.29. The average molecular weight is 232 g/mol. The largest absolute Gasteiger partial charge is 0.479 e. The highest BCUT2D eigenvalue weighted by atomic mass is 16.6. The summed E-state index contributed by atoms with van der Waals surface area (Å²) in [5, 5.41) is 18.5. The van der Waals surface area contributed by atoms with Crippen LogP contribution in [0.15, 0.2) is 0 Å². The molecule has 6 heteroatoms. The zero-order chi connectivity index (χ0) is 12.4. The van der Waals surface area contributed by atoms with Crippen LogP contribution >= 0.6 is 0 Å². The lowest BCUT2D eigenvalue weighted by molar-refractivity contribution is -0.229. The molecule has 0 aliphatic heterocycles. The molecule has 1 fully saturated rings. The third-order valence-corrected chi connectivity index (χ3v) is 3.35. The second kappa shape index (κ2) is 4.39. The highest BCUT2D eigenvalue weighted by Gasteiger charge is 2.64. The Morgan fingerprint density at radius 3 is 1.44 bits per heavy atom. The van der Waals surface area contributed by atoms with Crippen molar-refractivity contribution in [2.75, 3.05) is 14.2 Å². The summed E-state index contributed by atoms with van der Waals surface area (Å²) in [4.78, 5) is 22.6. The minimum atomic E-state index is -1.80. The summed E-state index contributed by atoms with van der Waals surface area (Å²) >= 11 is 0. The van der Waals surface area contributed by atoms with Crippen molar-refractivity contribution in [2.24, 2.45) is 0 Å². The molecule has 0 bridgehead atoms. The number of ether oxygens (including phenoxy) is 2. The first-order valence-electron chi connectivity index (χ1n) is 5.04. The molecule has 0 aromatic rings. The molecule has 0 aromatic carbocycles. The summed E-state index contributed by atoms with van der Waals surface area (Å²) in [6.45, 7) is 0. The molecule has 0 radical (unpaired) electrons. The highest BCUT2D eigenvalue weighted by molar-refractivity contribution is 5.91. The van der Waals surface area contributed by atoms with Crippen molar-refractivity contribution in [2.45, 2.75) is 36.9 Å². The Bertz CT molecular complexity index is 272. The minimum absolute atomic E-state index is 0.138. The molecule has 1 aliphatic carbocycles. The van der Waals surface area contributed by atoms with E-state index >= 15 is 0 Å². The van der Waals surface area contributed by atoms with Gasteiger partial charge in [-0.05, 0) is 25.7 Å². The van der Waals surface area contributed by atoms with E-state index in [4.69, 9.17) is 9.47 Å². The normalized spacial score (nSPS) is 34.6. The maximum Gasteiger partial charge on any atom is 0.339 e. The summed E-state index contributed by atoms with van der Waals surface area (Å²) in [5.74, 6) is -2.59. The van der Waals surface area contributed by atoms with Gasteiger partial charge in [-0.1, -0.05) is 0 Å². The summed E-state index contributed by atoms with van der Waals surface area (Å²) in [5.41, 5.74) is -3.60. The molecule has 92 valence electrons. The van der Waals surface area contributed by atoms with Crippen LogP contribution in [-0.2, 0) is 19.1 Å². The van der Waals surface area contributed by atoms with E-state index < -0.39 is 23.1 Å². The molecule has 16 heavy (non-hydrogen) atoms. The van der Waals surface area contributed by atoms with Crippen LogP contribution in [0.3, 0.4) is 0 Å². The number of carbonyl (C=O) groups is 2. The van der Waals surface area contributed by atoms with Crippen molar-refractivity contribution in [3.63, 3.8) is 0 Å². The Hall–Kier alpha value is -1.14. The zero-order valence-corrected chi connectivity index (χ0v) is 9.36. The average Bonchev–Trinajstić information content (AvgIpc) is 2.27. The SMILES string of the molecule is COC1(C(=O)O)CCCCC1(OC)C(=O)O. The van der Waals surface area contributed by atoms with Gasteiger partial charge in [-0.3, -0.25) is 0 Å². The predicted molar refractivity (Wildman–Crippen MR) is 53.2 cm³/mol.